The molecule has 0 aliphatic heterocycles. The summed E-state index contributed by atoms with van der Waals surface area (Å²) in [5.41, 5.74) is 6.09. The lowest BCUT2D eigenvalue weighted by atomic mass is 9.98. The van der Waals surface area contributed by atoms with Crippen LogP contribution < -0.4 is 4.90 Å². The van der Waals surface area contributed by atoms with Crippen LogP contribution in [-0.2, 0) is 0 Å². The molecule has 0 amide bonds. The molecule has 140 valence electrons. The van der Waals surface area contributed by atoms with Crippen LogP contribution in [0.5, 0.6) is 0 Å². The van der Waals surface area contributed by atoms with Crippen molar-refractivity contribution in [1.29, 1.82) is 0 Å². The second kappa shape index (κ2) is 7.41. The molecular weight excluding hydrogens is 370 g/mol. The Balaban J connectivity index is 1.74. The Morgan fingerprint density at radius 1 is 1.00 bits per heavy atom. The number of hydrogen-bond acceptors (Lipinski definition) is 3. The zero-order chi connectivity index (χ0) is 19.7. The van der Waals surface area contributed by atoms with E-state index in [9.17, 15) is 5.21 Å². The van der Waals surface area contributed by atoms with Crippen molar-refractivity contribution in [2.24, 2.45) is 5.16 Å². The summed E-state index contributed by atoms with van der Waals surface area (Å²) in [6.07, 6.45) is 1.93. The zero-order valence-electron chi connectivity index (χ0n) is 15.6. The largest absolute Gasteiger partial charge is 0.410 e. The quantitative estimate of drug-likeness (QED) is 0.251. The van der Waals surface area contributed by atoms with Crippen LogP contribution in [0.15, 0.2) is 78.1 Å². The maximum atomic E-state index is 9.65. The van der Waals surface area contributed by atoms with Gasteiger partial charge in [-0.05, 0) is 42.8 Å². The fourth-order valence-electron chi connectivity index (χ4n) is 3.48. The number of oxime groups is 1. The Bertz CT molecular complexity index is 1180. The van der Waals surface area contributed by atoms with Crippen molar-refractivity contribution < 1.29 is 5.21 Å². The van der Waals surface area contributed by atoms with Crippen LogP contribution in [-0.4, -0.2) is 23.0 Å². The molecule has 0 bridgehead atoms. The number of aromatic nitrogens is 1. The summed E-state index contributed by atoms with van der Waals surface area (Å²) in [4.78, 5) is 5.37. The topological polar surface area (TPSA) is 51.6 Å². The van der Waals surface area contributed by atoms with Crippen LogP contribution in [0.2, 0.25) is 5.02 Å². The molecular formula is C23H20ClN3O. The van der Waals surface area contributed by atoms with Gasteiger partial charge >= 0.3 is 0 Å². The Morgan fingerprint density at radius 2 is 1.82 bits per heavy atom. The number of fused-ring (bicyclic) bond motifs is 1. The summed E-state index contributed by atoms with van der Waals surface area (Å²) >= 11 is 6.61. The lowest BCUT2D eigenvalue weighted by Gasteiger charge is -2.21. The molecule has 1 heterocycles. The fraction of sp³-hybridized carbons (Fsp3) is 0.0870. The molecule has 0 unspecified atom stereocenters. The summed E-state index contributed by atoms with van der Waals surface area (Å²) < 4.78 is 0. The van der Waals surface area contributed by atoms with E-state index in [0.717, 1.165) is 33.4 Å². The highest BCUT2D eigenvalue weighted by Crippen LogP contribution is 2.33. The molecule has 0 aliphatic rings. The number of rotatable bonds is 4. The van der Waals surface area contributed by atoms with Crippen LogP contribution in [0.1, 0.15) is 16.7 Å². The van der Waals surface area contributed by atoms with Crippen LogP contribution in [0.4, 0.5) is 11.4 Å². The normalized spacial score (nSPS) is 11.8. The maximum absolute atomic E-state index is 9.65. The number of halogens is 1. The van der Waals surface area contributed by atoms with Crippen molar-refractivity contribution in [3.63, 3.8) is 0 Å². The third-order valence-corrected chi connectivity index (χ3v) is 5.33. The molecule has 4 rings (SSSR count). The van der Waals surface area contributed by atoms with Crippen molar-refractivity contribution >= 4 is 39.6 Å². The molecule has 0 saturated heterocycles. The SMILES string of the molecule is Cc1ccccc1C(=NO)c1ccc(N(C)c2cccc3cc[nH]c23)cc1Cl. The first kappa shape index (κ1) is 18.1. The van der Waals surface area contributed by atoms with Gasteiger partial charge in [0.15, 0.2) is 0 Å². The Labute approximate surface area is 168 Å². The van der Waals surface area contributed by atoms with Gasteiger partial charge in [0.25, 0.3) is 0 Å². The standard InChI is InChI=1S/C23H20ClN3O/c1-15-6-3-4-8-18(15)23(26-28)19-11-10-17(14-20(19)24)27(2)21-9-5-7-16-12-13-25-22(16)21/h3-14,25,28H,1-2H3. The molecule has 4 nitrogen and oxygen atoms in total. The summed E-state index contributed by atoms with van der Waals surface area (Å²) in [5.74, 6) is 0. The minimum atomic E-state index is 0.462. The predicted octanol–water partition coefficient (Wildman–Crippen LogP) is 6.12. The van der Waals surface area contributed by atoms with Gasteiger partial charge in [-0.3, -0.25) is 0 Å². The van der Waals surface area contributed by atoms with Gasteiger partial charge in [-0.2, -0.15) is 0 Å². The van der Waals surface area contributed by atoms with Gasteiger partial charge in [-0.1, -0.05) is 53.2 Å². The van der Waals surface area contributed by atoms with E-state index >= 15 is 0 Å². The van der Waals surface area contributed by atoms with Gasteiger partial charge < -0.3 is 15.1 Å². The maximum Gasteiger partial charge on any atom is 0.118 e. The van der Waals surface area contributed by atoms with Gasteiger partial charge in [0.1, 0.15) is 5.71 Å². The third kappa shape index (κ3) is 3.12. The van der Waals surface area contributed by atoms with Crippen LogP contribution >= 0.6 is 11.6 Å². The number of nitrogens with one attached hydrogen (secondary N) is 1. The van der Waals surface area contributed by atoms with Gasteiger partial charge in [0.2, 0.25) is 0 Å². The van der Waals surface area contributed by atoms with Gasteiger partial charge in [-0.15, -0.1) is 0 Å². The van der Waals surface area contributed by atoms with Gasteiger partial charge in [0.05, 0.1) is 16.2 Å². The summed E-state index contributed by atoms with van der Waals surface area (Å²) in [7, 11) is 2.00. The van der Waals surface area contributed by atoms with E-state index < -0.39 is 0 Å². The molecule has 0 spiro atoms. The molecule has 3 aromatic carbocycles. The highest BCUT2D eigenvalue weighted by Gasteiger charge is 2.16. The summed E-state index contributed by atoms with van der Waals surface area (Å²) in [6.45, 7) is 1.98. The van der Waals surface area contributed by atoms with Crippen molar-refractivity contribution in [1.82, 2.24) is 4.98 Å². The molecule has 0 atom stereocenters. The molecule has 0 aliphatic carbocycles. The van der Waals surface area contributed by atoms with E-state index in [4.69, 9.17) is 11.6 Å². The second-order valence-corrected chi connectivity index (χ2v) is 7.11. The molecule has 0 fully saturated rings. The average Bonchev–Trinajstić information content (AvgIpc) is 3.19. The molecule has 5 heteroatoms. The first-order valence-electron chi connectivity index (χ1n) is 8.98. The molecule has 1 aromatic heterocycles. The highest BCUT2D eigenvalue weighted by molar-refractivity contribution is 6.35. The smallest absolute Gasteiger partial charge is 0.118 e. The van der Waals surface area contributed by atoms with Gasteiger partial charge in [-0.25, -0.2) is 0 Å². The number of anilines is 2. The molecule has 28 heavy (non-hydrogen) atoms. The van der Waals surface area contributed by atoms with E-state index in [-0.39, 0.29) is 0 Å². The third-order valence-electron chi connectivity index (χ3n) is 5.02. The summed E-state index contributed by atoms with van der Waals surface area (Å²) in [5, 5.41) is 14.9. The van der Waals surface area contributed by atoms with E-state index in [1.165, 1.54) is 0 Å². The number of para-hydroxylation sites is 1. The first-order chi connectivity index (χ1) is 13.6. The Hall–Kier alpha value is -3.24. The van der Waals surface area contributed by atoms with Crippen LogP contribution in [0.25, 0.3) is 10.9 Å². The fourth-order valence-corrected chi connectivity index (χ4v) is 3.75. The minimum Gasteiger partial charge on any atom is -0.410 e. The Morgan fingerprint density at radius 3 is 2.57 bits per heavy atom. The summed E-state index contributed by atoms with van der Waals surface area (Å²) in [6, 6.07) is 21.8. The average molecular weight is 390 g/mol. The lowest BCUT2D eigenvalue weighted by Crippen LogP contribution is -2.11. The van der Waals surface area contributed by atoms with Crippen molar-refractivity contribution in [2.45, 2.75) is 6.92 Å². The number of aryl methyl sites for hydroxylation is 1. The number of hydrogen-bond donors (Lipinski definition) is 2. The lowest BCUT2D eigenvalue weighted by molar-refractivity contribution is 0.319. The van der Waals surface area contributed by atoms with Crippen molar-refractivity contribution in [3.8, 4) is 0 Å². The van der Waals surface area contributed by atoms with E-state index in [0.29, 0.717) is 16.3 Å². The van der Waals surface area contributed by atoms with E-state index in [1.54, 1.807) is 0 Å². The number of H-pyrrole nitrogens is 1. The molecule has 0 radical (unpaired) electrons. The molecule has 2 N–H and O–H groups in total. The minimum absolute atomic E-state index is 0.462. The highest BCUT2D eigenvalue weighted by atomic mass is 35.5. The number of nitrogens with zero attached hydrogens (tertiary/aromatic N) is 2. The van der Waals surface area contributed by atoms with E-state index in [2.05, 4.69) is 33.2 Å². The number of benzene rings is 3. The van der Waals surface area contributed by atoms with Crippen LogP contribution in [0.3, 0.4) is 0 Å². The van der Waals surface area contributed by atoms with E-state index in [1.807, 2.05) is 68.7 Å². The Kier molecular flexibility index (Phi) is 4.80. The van der Waals surface area contributed by atoms with Crippen molar-refractivity contribution in [2.75, 3.05) is 11.9 Å². The first-order valence-corrected chi connectivity index (χ1v) is 9.36. The zero-order valence-corrected chi connectivity index (χ0v) is 16.4. The monoisotopic (exact) mass is 389 g/mol. The molecule has 0 saturated carbocycles. The molecule has 4 aromatic rings. The van der Waals surface area contributed by atoms with Crippen LogP contribution in [0, 0.1) is 6.92 Å². The predicted molar refractivity (Wildman–Crippen MR) is 116 cm³/mol. The number of aromatic amines is 1. The van der Waals surface area contributed by atoms with Crippen molar-refractivity contribution in [3.05, 3.63) is 94.6 Å². The van der Waals surface area contributed by atoms with Gasteiger partial charge in [0, 0.05) is 35.4 Å². The second-order valence-electron chi connectivity index (χ2n) is 6.71.